The molecular weight excluding hydrogens is 478 g/mol. The first-order chi connectivity index (χ1) is 14.4. The third-order valence-corrected chi connectivity index (χ3v) is 8.35. The highest BCUT2D eigenvalue weighted by molar-refractivity contribution is 7.90. The van der Waals surface area contributed by atoms with Gasteiger partial charge in [-0.25, -0.2) is 17.8 Å². The molecule has 0 bridgehead atoms. The molecule has 1 saturated carbocycles. The second kappa shape index (κ2) is 9.21. The second-order valence-corrected chi connectivity index (χ2v) is 11.1. The first-order valence-electron chi connectivity index (χ1n) is 9.48. The van der Waals surface area contributed by atoms with E-state index in [9.17, 15) is 26.0 Å². The number of benzene rings is 1. The highest BCUT2D eigenvalue weighted by Crippen LogP contribution is 2.40. The minimum absolute atomic E-state index is 0.0144. The normalized spacial score (nSPS) is 22.6. The molecule has 12 heteroatoms. The predicted octanol–water partition coefficient (Wildman–Crippen LogP) is 4.98. The average Bonchev–Trinajstić information content (AvgIpc) is 3.15. The number of aromatic nitrogens is 1. The lowest BCUT2D eigenvalue weighted by atomic mass is 9.81. The fourth-order valence-corrected chi connectivity index (χ4v) is 6.50. The van der Waals surface area contributed by atoms with E-state index in [1.807, 2.05) is 4.90 Å². The highest BCUT2D eigenvalue weighted by Gasteiger charge is 2.45. The first kappa shape index (κ1) is 24.2. The second-order valence-electron chi connectivity index (χ2n) is 7.78. The van der Waals surface area contributed by atoms with E-state index in [0.717, 1.165) is 23.5 Å². The smallest absolute Gasteiger partial charge is 0.379 e. The van der Waals surface area contributed by atoms with Crippen LogP contribution in [0.1, 0.15) is 24.3 Å². The van der Waals surface area contributed by atoms with Gasteiger partial charge in [-0.1, -0.05) is 11.6 Å². The van der Waals surface area contributed by atoms with Crippen LogP contribution in [0.3, 0.4) is 0 Å². The van der Waals surface area contributed by atoms with E-state index < -0.39 is 44.4 Å². The zero-order valence-corrected chi connectivity index (χ0v) is 19.2. The molecule has 1 aliphatic rings. The number of halogens is 5. The summed E-state index contributed by atoms with van der Waals surface area (Å²) in [5.41, 5.74) is 0.0621. The number of thiazole rings is 1. The summed E-state index contributed by atoms with van der Waals surface area (Å²) >= 11 is 7.35. The lowest BCUT2D eigenvalue weighted by Gasteiger charge is -2.41. The molecule has 0 radical (unpaired) electrons. The molecule has 0 unspecified atom stereocenters. The van der Waals surface area contributed by atoms with Gasteiger partial charge in [0.15, 0.2) is 9.84 Å². The topological polar surface area (TPSA) is 62.3 Å². The monoisotopic (exact) mass is 499 g/mol. The van der Waals surface area contributed by atoms with Crippen LogP contribution in [-0.4, -0.2) is 50.7 Å². The number of rotatable bonds is 6. The molecule has 0 aliphatic heterocycles. The standard InChI is InChI=1S/C19H22ClF4N3O2S2/c1-27(2)16-4-3-11(19(22,23)24)7-15(16)26-14-9-13(21)17(8-12(14)20)31(28,29)10-18-25-5-6-30-18/h5-6,8-9,11,15-16,26H,3-4,7,10H2,1-2H3/t11-,15+,16+/m1/s1. The molecule has 1 aliphatic carbocycles. The average molecular weight is 500 g/mol. The molecule has 3 rings (SSSR count). The van der Waals surface area contributed by atoms with Crippen molar-refractivity contribution in [2.45, 2.75) is 48.2 Å². The Bertz CT molecular complexity index is 1010. The van der Waals surface area contributed by atoms with Gasteiger partial charge in [0.25, 0.3) is 0 Å². The molecule has 1 aromatic heterocycles. The molecule has 1 heterocycles. The summed E-state index contributed by atoms with van der Waals surface area (Å²) in [6.45, 7) is 0. The van der Waals surface area contributed by atoms with E-state index >= 15 is 0 Å². The minimum Gasteiger partial charge on any atom is -0.379 e. The summed E-state index contributed by atoms with van der Waals surface area (Å²) in [7, 11) is -0.500. The van der Waals surface area contributed by atoms with Crippen molar-refractivity contribution in [1.29, 1.82) is 0 Å². The molecule has 1 fully saturated rings. The summed E-state index contributed by atoms with van der Waals surface area (Å²) < 4.78 is 79.7. The van der Waals surface area contributed by atoms with Crippen LogP contribution in [0.5, 0.6) is 0 Å². The molecule has 1 aromatic carbocycles. The van der Waals surface area contributed by atoms with Crippen molar-refractivity contribution in [2.75, 3.05) is 19.4 Å². The maximum Gasteiger partial charge on any atom is 0.391 e. The Morgan fingerprint density at radius 1 is 1.29 bits per heavy atom. The van der Waals surface area contributed by atoms with Crippen molar-refractivity contribution in [3.63, 3.8) is 0 Å². The minimum atomic E-state index is -4.32. The Kier molecular flexibility index (Phi) is 7.19. The van der Waals surface area contributed by atoms with Crippen LogP contribution in [0.4, 0.5) is 23.2 Å². The van der Waals surface area contributed by atoms with Crippen molar-refractivity contribution in [3.05, 3.63) is 39.6 Å². The molecule has 0 spiro atoms. The summed E-state index contributed by atoms with van der Waals surface area (Å²) in [6.07, 6.45) is -2.73. The number of nitrogens with zero attached hydrogens (tertiary/aromatic N) is 2. The Labute approximate surface area is 187 Å². The zero-order valence-electron chi connectivity index (χ0n) is 16.8. The van der Waals surface area contributed by atoms with Gasteiger partial charge in [0.2, 0.25) is 0 Å². The van der Waals surface area contributed by atoms with Gasteiger partial charge in [-0.15, -0.1) is 11.3 Å². The van der Waals surface area contributed by atoms with Crippen molar-refractivity contribution < 1.29 is 26.0 Å². The summed E-state index contributed by atoms with van der Waals surface area (Å²) in [4.78, 5) is 5.15. The molecule has 1 N–H and O–H groups in total. The van der Waals surface area contributed by atoms with E-state index in [4.69, 9.17) is 11.6 Å². The Morgan fingerprint density at radius 3 is 2.58 bits per heavy atom. The third kappa shape index (κ3) is 5.68. The maximum atomic E-state index is 14.7. The van der Waals surface area contributed by atoms with Gasteiger partial charge in [0.05, 0.1) is 16.6 Å². The van der Waals surface area contributed by atoms with Crippen LogP contribution in [0.15, 0.2) is 28.6 Å². The van der Waals surface area contributed by atoms with Crippen LogP contribution in [0.2, 0.25) is 5.02 Å². The van der Waals surface area contributed by atoms with Gasteiger partial charge < -0.3 is 10.2 Å². The largest absolute Gasteiger partial charge is 0.391 e. The van der Waals surface area contributed by atoms with Crippen LogP contribution in [0.25, 0.3) is 0 Å². The van der Waals surface area contributed by atoms with Crippen LogP contribution < -0.4 is 5.32 Å². The Hall–Kier alpha value is -1.43. The summed E-state index contributed by atoms with van der Waals surface area (Å²) in [6, 6.07) is 1.08. The van der Waals surface area contributed by atoms with Crippen molar-refractivity contribution >= 4 is 38.5 Å². The number of hydrogen-bond acceptors (Lipinski definition) is 6. The quantitative estimate of drug-likeness (QED) is 0.568. The number of likely N-dealkylation sites (N-methyl/N-ethyl adjacent to an activating group) is 1. The van der Waals surface area contributed by atoms with Crippen LogP contribution in [0, 0.1) is 11.7 Å². The van der Waals surface area contributed by atoms with Crippen LogP contribution >= 0.6 is 22.9 Å². The Balaban J connectivity index is 1.86. The molecular formula is C19H22ClF4N3O2S2. The lowest BCUT2D eigenvalue weighted by Crippen LogP contribution is -2.49. The molecule has 0 saturated heterocycles. The predicted molar refractivity (Wildman–Crippen MR) is 113 cm³/mol. The highest BCUT2D eigenvalue weighted by atomic mass is 35.5. The van der Waals surface area contributed by atoms with E-state index in [1.165, 1.54) is 6.20 Å². The number of hydrogen-bond donors (Lipinski definition) is 1. The Morgan fingerprint density at radius 2 is 2.00 bits per heavy atom. The molecule has 3 atom stereocenters. The van der Waals surface area contributed by atoms with E-state index in [0.29, 0.717) is 11.4 Å². The van der Waals surface area contributed by atoms with E-state index in [1.54, 1.807) is 19.5 Å². The SMILES string of the molecule is CN(C)[C@H]1CC[C@@H](C(F)(F)F)C[C@@H]1Nc1cc(F)c(S(=O)(=O)Cc2nccs2)cc1Cl. The summed E-state index contributed by atoms with van der Waals surface area (Å²) in [5.74, 6) is -2.96. The fourth-order valence-electron chi connectivity index (χ4n) is 3.87. The fraction of sp³-hybridized carbons (Fsp3) is 0.526. The van der Waals surface area contributed by atoms with Gasteiger partial charge in [-0.05, 0) is 45.5 Å². The molecule has 31 heavy (non-hydrogen) atoms. The molecule has 172 valence electrons. The molecule has 0 amide bonds. The van der Waals surface area contributed by atoms with E-state index in [2.05, 4.69) is 10.3 Å². The van der Waals surface area contributed by atoms with E-state index in [-0.39, 0.29) is 29.6 Å². The van der Waals surface area contributed by atoms with Gasteiger partial charge in [-0.3, -0.25) is 0 Å². The lowest BCUT2D eigenvalue weighted by molar-refractivity contribution is -0.185. The first-order valence-corrected chi connectivity index (χ1v) is 12.4. The number of nitrogens with one attached hydrogen (secondary N) is 1. The van der Waals surface area contributed by atoms with Crippen molar-refractivity contribution in [1.82, 2.24) is 9.88 Å². The maximum absolute atomic E-state index is 14.7. The van der Waals surface area contributed by atoms with Crippen molar-refractivity contribution in [2.24, 2.45) is 5.92 Å². The molecule has 2 aromatic rings. The van der Waals surface area contributed by atoms with Crippen molar-refractivity contribution in [3.8, 4) is 0 Å². The molecule has 5 nitrogen and oxygen atoms in total. The van der Waals surface area contributed by atoms with Gasteiger partial charge >= 0.3 is 6.18 Å². The van der Waals surface area contributed by atoms with Gasteiger partial charge in [0.1, 0.15) is 21.5 Å². The zero-order chi connectivity index (χ0) is 23.0. The van der Waals surface area contributed by atoms with Gasteiger partial charge in [-0.2, -0.15) is 13.2 Å². The summed E-state index contributed by atoms with van der Waals surface area (Å²) in [5, 5.41) is 4.77. The number of sulfone groups is 1. The van der Waals surface area contributed by atoms with Gasteiger partial charge in [0, 0.05) is 23.7 Å². The number of alkyl halides is 3. The van der Waals surface area contributed by atoms with Crippen LogP contribution in [-0.2, 0) is 15.6 Å². The number of anilines is 1. The third-order valence-electron chi connectivity index (χ3n) is 5.43.